The number of imidazole rings is 1. The second kappa shape index (κ2) is 12.9. The van der Waals surface area contributed by atoms with Crippen LogP contribution in [0.3, 0.4) is 0 Å². The average molecular weight is 626 g/mol. The number of nitrogens with one attached hydrogen (secondary N) is 2. The second-order valence-electron chi connectivity index (χ2n) is 10.6. The van der Waals surface area contributed by atoms with Crippen LogP contribution >= 0.6 is 23.2 Å². The van der Waals surface area contributed by atoms with Gasteiger partial charge in [-0.3, -0.25) is 14.1 Å². The molecule has 2 fully saturated rings. The van der Waals surface area contributed by atoms with E-state index in [1.165, 1.54) is 0 Å². The van der Waals surface area contributed by atoms with Crippen LogP contribution in [0, 0.1) is 0 Å². The van der Waals surface area contributed by atoms with Gasteiger partial charge in [0.2, 0.25) is 0 Å². The van der Waals surface area contributed by atoms with E-state index in [4.69, 9.17) is 48.4 Å². The van der Waals surface area contributed by atoms with Crippen molar-refractivity contribution in [1.29, 1.82) is 0 Å². The first-order valence-electron chi connectivity index (χ1n) is 14.3. The third-order valence-electron chi connectivity index (χ3n) is 7.79. The topological polar surface area (TPSA) is 122 Å². The summed E-state index contributed by atoms with van der Waals surface area (Å²) in [5.41, 5.74) is 9.77. The van der Waals surface area contributed by atoms with E-state index in [2.05, 4.69) is 20.4 Å². The number of carbonyl (C=O) groups excluding carboxylic acids is 1. The van der Waals surface area contributed by atoms with E-state index in [0.717, 1.165) is 56.2 Å². The van der Waals surface area contributed by atoms with Gasteiger partial charge in [0.1, 0.15) is 23.0 Å². The van der Waals surface area contributed by atoms with E-state index in [1.807, 2.05) is 28.8 Å². The van der Waals surface area contributed by atoms with Crippen LogP contribution in [0.15, 0.2) is 42.6 Å². The first kappa shape index (κ1) is 29.5. The Kier molecular flexibility index (Phi) is 8.87. The molecule has 2 aromatic heterocycles. The summed E-state index contributed by atoms with van der Waals surface area (Å²) >= 11 is 13.1. The van der Waals surface area contributed by atoms with Crippen LogP contribution in [0.25, 0.3) is 5.65 Å². The number of halogens is 2. The fraction of sp³-hybridized carbons (Fsp3) is 0.367. The summed E-state index contributed by atoms with van der Waals surface area (Å²) in [6, 6.07) is 11.3. The number of piperazine rings is 1. The highest BCUT2D eigenvalue weighted by molar-refractivity contribution is 6.36. The Morgan fingerprint density at radius 1 is 1.09 bits per heavy atom. The quantitative estimate of drug-likeness (QED) is 0.256. The third-order valence-corrected chi connectivity index (χ3v) is 8.50. The molecule has 2 saturated heterocycles. The number of hydrogen-bond donors (Lipinski definition) is 3. The number of fused-ring (bicyclic) bond motifs is 1. The second-order valence-corrected chi connectivity index (χ2v) is 11.4. The van der Waals surface area contributed by atoms with E-state index in [9.17, 15) is 4.79 Å². The van der Waals surface area contributed by atoms with Crippen LogP contribution in [0.2, 0.25) is 10.0 Å². The number of rotatable bonds is 9. The smallest absolute Gasteiger partial charge is 0.256 e. The Bertz CT molecular complexity index is 1610. The standard InChI is InChI=1S/C30H34Cl2N8O3/c1-42-25-15-20(39-9-7-34-8-10-39)5-6-24(25)36-29-27(28(33)41)30-35-19(17-38-11-13-43-14-12-38)18-40(30)26(37-29)16-21-22(31)3-2-4-23(21)32/h2-6,15,18,34,36H,7-14,16-17H2,1H3,(H2,33,41). The van der Waals surface area contributed by atoms with Crippen molar-refractivity contribution in [3.05, 3.63) is 75.3 Å². The Balaban J connectivity index is 1.44. The highest BCUT2D eigenvalue weighted by atomic mass is 35.5. The van der Waals surface area contributed by atoms with E-state index in [0.29, 0.717) is 59.1 Å². The Morgan fingerprint density at radius 2 is 1.84 bits per heavy atom. The lowest BCUT2D eigenvalue weighted by Crippen LogP contribution is -2.43. The third kappa shape index (κ3) is 6.36. The number of morpholine rings is 1. The van der Waals surface area contributed by atoms with Gasteiger partial charge in [-0.05, 0) is 29.8 Å². The molecular formula is C30H34Cl2N8O3. The molecule has 0 unspecified atom stereocenters. The van der Waals surface area contributed by atoms with Gasteiger partial charge in [-0.1, -0.05) is 29.3 Å². The summed E-state index contributed by atoms with van der Waals surface area (Å²) in [6.45, 7) is 7.18. The van der Waals surface area contributed by atoms with Gasteiger partial charge in [0.25, 0.3) is 5.91 Å². The first-order valence-corrected chi connectivity index (χ1v) is 15.0. The number of nitrogens with two attached hydrogens (primary N) is 1. The summed E-state index contributed by atoms with van der Waals surface area (Å²) in [5, 5.41) is 7.75. The Labute approximate surface area is 259 Å². The number of methoxy groups -OCH3 is 1. The zero-order valence-electron chi connectivity index (χ0n) is 23.9. The van der Waals surface area contributed by atoms with Gasteiger partial charge >= 0.3 is 0 Å². The maximum atomic E-state index is 13.0. The van der Waals surface area contributed by atoms with Crippen molar-refractivity contribution in [2.24, 2.45) is 5.73 Å². The molecule has 2 aliphatic rings. The Morgan fingerprint density at radius 3 is 2.53 bits per heavy atom. The van der Waals surface area contributed by atoms with E-state index in [1.54, 1.807) is 25.3 Å². The fourth-order valence-electron chi connectivity index (χ4n) is 5.54. The van der Waals surface area contributed by atoms with Crippen LogP contribution in [0.1, 0.15) is 27.4 Å². The minimum atomic E-state index is -0.651. The lowest BCUT2D eigenvalue weighted by molar-refractivity contribution is 0.0337. The number of ether oxygens (including phenoxy) is 2. The lowest BCUT2D eigenvalue weighted by atomic mass is 10.1. The number of aromatic nitrogens is 3. The molecule has 43 heavy (non-hydrogen) atoms. The number of benzene rings is 2. The van der Waals surface area contributed by atoms with Crippen molar-refractivity contribution in [3.8, 4) is 5.75 Å². The molecule has 13 heteroatoms. The molecule has 0 bridgehead atoms. The van der Waals surface area contributed by atoms with Gasteiger partial charge in [-0.25, -0.2) is 9.97 Å². The number of carbonyl (C=O) groups is 1. The van der Waals surface area contributed by atoms with Crippen molar-refractivity contribution >= 4 is 51.9 Å². The van der Waals surface area contributed by atoms with Gasteiger partial charge in [0.05, 0.1) is 31.7 Å². The normalized spacial score (nSPS) is 16.0. The van der Waals surface area contributed by atoms with Gasteiger partial charge < -0.3 is 30.7 Å². The Hall–Kier alpha value is -3.61. The summed E-state index contributed by atoms with van der Waals surface area (Å²) in [5.74, 6) is 0.826. The maximum Gasteiger partial charge on any atom is 0.256 e. The van der Waals surface area contributed by atoms with Crippen molar-refractivity contribution in [1.82, 2.24) is 24.6 Å². The minimum absolute atomic E-state index is 0.176. The summed E-state index contributed by atoms with van der Waals surface area (Å²) in [4.78, 5) is 27.4. The molecule has 2 aliphatic heterocycles. The predicted octanol–water partition coefficient (Wildman–Crippen LogP) is 3.72. The number of anilines is 3. The van der Waals surface area contributed by atoms with Crippen molar-refractivity contribution in [3.63, 3.8) is 0 Å². The summed E-state index contributed by atoms with van der Waals surface area (Å²) < 4.78 is 13.1. The highest BCUT2D eigenvalue weighted by Crippen LogP contribution is 2.35. The van der Waals surface area contributed by atoms with Gasteiger partial charge in [0.15, 0.2) is 5.65 Å². The zero-order chi connectivity index (χ0) is 29.9. The lowest BCUT2D eigenvalue weighted by Gasteiger charge is -2.30. The van der Waals surface area contributed by atoms with Crippen LogP contribution in [0.5, 0.6) is 5.75 Å². The molecule has 0 spiro atoms. The van der Waals surface area contributed by atoms with E-state index >= 15 is 0 Å². The number of amides is 1. The van der Waals surface area contributed by atoms with Crippen molar-refractivity contribution in [2.75, 3.05) is 69.8 Å². The van der Waals surface area contributed by atoms with Gasteiger partial charge in [-0.15, -0.1) is 0 Å². The molecule has 1 amide bonds. The van der Waals surface area contributed by atoms with Gasteiger partial charge in [-0.2, -0.15) is 0 Å². The molecule has 226 valence electrons. The highest BCUT2D eigenvalue weighted by Gasteiger charge is 2.24. The maximum absolute atomic E-state index is 13.0. The molecule has 6 rings (SSSR count). The van der Waals surface area contributed by atoms with Crippen molar-refractivity contribution < 1.29 is 14.3 Å². The predicted molar refractivity (Wildman–Crippen MR) is 168 cm³/mol. The molecular weight excluding hydrogens is 591 g/mol. The monoisotopic (exact) mass is 624 g/mol. The van der Waals surface area contributed by atoms with Crippen LogP contribution in [-0.2, 0) is 17.7 Å². The molecule has 4 heterocycles. The number of nitrogens with zero attached hydrogens (tertiary/aromatic N) is 5. The summed E-state index contributed by atoms with van der Waals surface area (Å²) in [6.07, 6.45) is 2.20. The number of hydrogen-bond acceptors (Lipinski definition) is 9. The molecule has 4 N–H and O–H groups in total. The zero-order valence-corrected chi connectivity index (χ0v) is 25.4. The molecule has 0 saturated carbocycles. The summed E-state index contributed by atoms with van der Waals surface area (Å²) in [7, 11) is 1.62. The van der Waals surface area contributed by atoms with E-state index in [-0.39, 0.29) is 11.4 Å². The van der Waals surface area contributed by atoms with Crippen molar-refractivity contribution in [2.45, 2.75) is 13.0 Å². The van der Waals surface area contributed by atoms with Crippen LogP contribution in [-0.4, -0.2) is 84.8 Å². The van der Waals surface area contributed by atoms with Crippen LogP contribution in [0.4, 0.5) is 17.2 Å². The molecule has 0 aliphatic carbocycles. The molecule has 2 aromatic carbocycles. The number of primary amides is 1. The van der Waals surface area contributed by atoms with Gasteiger partial charge in [0, 0.05) is 80.2 Å². The average Bonchev–Trinajstić information content (AvgIpc) is 3.43. The fourth-order valence-corrected chi connectivity index (χ4v) is 6.07. The SMILES string of the molecule is COc1cc(N2CCNCC2)ccc1Nc1nc(Cc2c(Cl)cccc2Cl)n2cc(CN3CCOCC3)nc2c1C(N)=O. The van der Waals surface area contributed by atoms with E-state index < -0.39 is 5.91 Å². The molecule has 11 nitrogen and oxygen atoms in total. The minimum Gasteiger partial charge on any atom is -0.494 e. The molecule has 4 aromatic rings. The first-order chi connectivity index (χ1) is 20.9. The largest absolute Gasteiger partial charge is 0.494 e. The van der Waals surface area contributed by atoms with Crippen LogP contribution < -0.4 is 26.0 Å². The molecule has 0 atom stereocenters. The molecule has 0 radical (unpaired) electrons.